The highest BCUT2D eigenvalue weighted by molar-refractivity contribution is 5.68. The third-order valence-electron chi connectivity index (χ3n) is 4.05. The van der Waals surface area contributed by atoms with Gasteiger partial charge in [0.15, 0.2) is 0 Å². The fraction of sp³-hybridized carbons (Fsp3) is 0.143. The van der Waals surface area contributed by atoms with Crippen LogP contribution in [0, 0.1) is 13.8 Å². The van der Waals surface area contributed by atoms with Gasteiger partial charge < -0.3 is 9.84 Å². The van der Waals surface area contributed by atoms with Crippen LogP contribution in [0.15, 0.2) is 60.8 Å². The number of benzene rings is 2. The highest BCUT2D eigenvalue weighted by Gasteiger charge is 2.11. The van der Waals surface area contributed by atoms with Crippen molar-refractivity contribution in [3.8, 4) is 17.0 Å². The lowest BCUT2D eigenvalue weighted by Crippen LogP contribution is -2.07. The van der Waals surface area contributed by atoms with E-state index in [4.69, 9.17) is 9.84 Å². The first kappa shape index (κ1) is 16.7. The molecule has 0 saturated carbocycles. The molecule has 0 unspecified atom stereocenters. The molecule has 126 valence electrons. The van der Waals surface area contributed by atoms with E-state index < -0.39 is 6.16 Å². The van der Waals surface area contributed by atoms with Crippen molar-refractivity contribution in [3.05, 3.63) is 83.0 Å². The maximum atomic E-state index is 10.8. The molecule has 0 spiro atoms. The van der Waals surface area contributed by atoms with E-state index in [1.807, 2.05) is 6.07 Å². The minimum Gasteiger partial charge on any atom is -0.449 e. The zero-order valence-electron chi connectivity index (χ0n) is 14.2. The summed E-state index contributed by atoms with van der Waals surface area (Å²) in [6, 6.07) is 18.3. The Labute approximate surface area is 146 Å². The highest BCUT2D eigenvalue weighted by Crippen LogP contribution is 2.27. The largest absolute Gasteiger partial charge is 0.512 e. The molecule has 4 nitrogen and oxygen atoms in total. The van der Waals surface area contributed by atoms with Gasteiger partial charge in [-0.2, -0.15) is 0 Å². The molecule has 3 rings (SSSR count). The molecule has 0 bridgehead atoms. The molecule has 0 atom stereocenters. The fourth-order valence-corrected chi connectivity index (χ4v) is 2.93. The summed E-state index contributed by atoms with van der Waals surface area (Å²) in [4.78, 5) is 14.8. The summed E-state index contributed by atoms with van der Waals surface area (Å²) in [5, 5.41) is 8.82. The van der Waals surface area contributed by atoms with E-state index in [1.54, 1.807) is 6.07 Å². The van der Waals surface area contributed by atoms with Crippen LogP contribution >= 0.6 is 0 Å². The second-order valence-corrected chi connectivity index (χ2v) is 6.03. The van der Waals surface area contributed by atoms with Crippen molar-refractivity contribution < 1.29 is 14.6 Å². The number of hydrogen-bond donors (Lipinski definition) is 1. The molecule has 0 aliphatic carbocycles. The lowest BCUT2D eigenvalue weighted by atomic mass is 9.95. The summed E-state index contributed by atoms with van der Waals surface area (Å²) in [6.45, 7) is 4.17. The maximum Gasteiger partial charge on any atom is 0.512 e. The van der Waals surface area contributed by atoms with Gasteiger partial charge in [0.05, 0.1) is 0 Å². The molecular weight excluding hydrogens is 314 g/mol. The molecule has 3 aromatic rings. The van der Waals surface area contributed by atoms with Crippen LogP contribution in [0.3, 0.4) is 0 Å². The van der Waals surface area contributed by atoms with Gasteiger partial charge in [-0.25, -0.2) is 9.78 Å². The number of rotatable bonds is 4. The molecular formula is C21H19NO3. The van der Waals surface area contributed by atoms with Crippen LogP contribution < -0.4 is 4.74 Å². The Kier molecular flexibility index (Phi) is 4.80. The summed E-state index contributed by atoms with van der Waals surface area (Å²) < 4.78 is 4.76. The maximum absolute atomic E-state index is 10.8. The van der Waals surface area contributed by atoms with E-state index in [0.717, 1.165) is 11.1 Å². The summed E-state index contributed by atoms with van der Waals surface area (Å²) in [5.41, 5.74) is 6.62. The highest BCUT2D eigenvalue weighted by atomic mass is 16.7. The number of carbonyl (C=O) groups is 1. The first-order chi connectivity index (χ1) is 12.0. The molecule has 4 heteroatoms. The molecule has 1 aromatic heterocycles. The molecule has 0 fully saturated rings. The molecule has 1 heterocycles. The molecule has 0 aliphatic rings. The third kappa shape index (κ3) is 4.04. The zero-order chi connectivity index (χ0) is 17.8. The smallest absolute Gasteiger partial charge is 0.449 e. The predicted octanol–water partition coefficient (Wildman–Crippen LogP) is 5.01. The van der Waals surface area contributed by atoms with Crippen LogP contribution in [-0.4, -0.2) is 16.2 Å². The number of aromatic nitrogens is 1. The van der Waals surface area contributed by atoms with Crippen molar-refractivity contribution in [2.75, 3.05) is 0 Å². The monoisotopic (exact) mass is 333 g/mol. The Morgan fingerprint density at radius 3 is 2.64 bits per heavy atom. The average Bonchev–Trinajstić information content (AvgIpc) is 2.56. The first-order valence-corrected chi connectivity index (χ1v) is 8.04. The van der Waals surface area contributed by atoms with Gasteiger partial charge in [-0.1, -0.05) is 54.1 Å². The van der Waals surface area contributed by atoms with E-state index in [0.29, 0.717) is 6.42 Å². The van der Waals surface area contributed by atoms with Crippen molar-refractivity contribution in [3.63, 3.8) is 0 Å². The number of ether oxygens (including phenoxy) is 1. The molecule has 0 saturated heterocycles. The minimum absolute atomic E-state index is 0.135. The van der Waals surface area contributed by atoms with E-state index in [-0.39, 0.29) is 5.88 Å². The lowest BCUT2D eigenvalue weighted by molar-refractivity contribution is 0.142. The Morgan fingerprint density at radius 1 is 1.08 bits per heavy atom. The van der Waals surface area contributed by atoms with Gasteiger partial charge >= 0.3 is 6.16 Å². The minimum atomic E-state index is -1.36. The van der Waals surface area contributed by atoms with E-state index >= 15 is 0 Å². The van der Waals surface area contributed by atoms with Crippen LogP contribution in [0.5, 0.6) is 5.88 Å². The van der Waals surface area contributed by atoms with Gasteiger partial charge in [0.1, 0.15) is 0 Å². The van der Waals surface area contributed by atoms with Gasteiger partial charge in [-0.15, -0.1) is 0 Å². The quantitative estimate of drug-likeness (QED) is 0.682. The van der Waals surface area contributed by atoms with Gasteiger partial charge in [-0.05, 0) is 42.2 Å². The fourth-order valence-electron chi connectivity index (χ4n) is 2.93. The molecule has 0 radical (unpaired) electrons. The zero-order valence-corrected chi connectivity index (χ0v) is 14.2. The van der Waals surface area contributed by atoms with Crippen LogP contribution in [0.1, 0.15) is 22.3 Å². The van der Waals surface area contributed by atoms with Crippen LogP contribution in [0.2, 0.25) is 0 Å². The summed E-state index contributed by atoms with van der Waals surface area (Å²) in [6.07, 6.45) is 0.727. The van der Waals surface area contributed by atoms with Gasteiger partial charge in [0, 0.05) is 18.2 Å². The van der Waals surface area contributed by atoms with Crippen LogP contribution in [0.4, 0.5) is 4.79 Å². The SMILES string of the molecule is Cc1cccc(-c2ccc(Cc3cccnc3OC(=O)O)cc2C)c1. The second-order valence-electron chi connectivity index (χ2n) is 6.03. The predicted molar refractivity (Wildman–Crippen MR) is 97.0 cm³/mol. The van der Waals surface area contributed by atoms with E-state index in [1.165, 1.54) is 28.5 Å². The molecule has 25 heavy (non-hydrogen) atoms. The number of aryl methyl sites for hydroxylation is 2. The van der Waals surface area contributed by atoms with Crippen molar-refractivity contribution in [1.82, 2.24) is 4.98 Å². The standard InChI is InChI=1S/C21H19NO3/c1-14-5-3-6-17(11-14)19-9-8-16(12-15(19)2)13-18-7-4-10-22-20(18)25-21(23)24/h3-12H,13H2,1-2H3,(H,23,24). The summed E-state index contributed by atoms with van der Waals surface area (Å²) in [5.74, 6) is 0.135. The van der Waals surface area contributed by atoms with E-state index in [9.17, 15) is 4.79 Å². The van der Waals surface area contributed by atoms with Gasteiger partial charge in [0.25, 0.3) is 0 Å². The molecule has 0 amide bonds. The van der Waals surface area contributed by atoms with Gasteiger partial charge in [-0.3, -0.25) is 0 Å². The summed E-state index contributed by atoms with van der Waals surface area (Å²) in [7, 11) is 0. The van der Waals surface area contributed by atoms with Crippen LogP contribution in [0.25, 0.3) is 11.1 Å². The van der Waals surface area contributed by atoms with Gasteiger partial charge in [0.2, 0.25) is 5.88 Å². The van der Waals surface area contributed by atoms with Crippen molar-refractivity contribution in [2.45, 2.75) is 20.3 Å². The van der Waals surface area contributed by atoms with Crippen molar-refractivity contribution in [2.24, 2.45) is 0 Å². The number of carboxylic acid groups (broad SMARTS) is 1. The molecule has 0 aliphatic heterocycles. The van der Waals surface area contributed by atoms with Crippen molar-refractivity contribution in [1.29, 1.82) is 0 Å². The topological polar surface area (TPSA) is 59.4 Å². The Bertz CT molecular complexity index is 919. The number of hydrogen-bond acceptors (Lipinski definition) is 3. The van der Waals surface area contributed by atoms with Crippen molar-refractivity contribution >= 4 is 6.16 Å². The second kappa shape index (κ2) is 7.18. The average molecular weight is 333 g/mol. The normalized spacial score (nSPS) is 10.5. The van der Waals surface area contributed by atoms with Crippen LogP contribution in [-0.2, 0) is 6.42 Å². The molecule has 2 aromatic carbocycles. The lowest BCUT2D eigenvalue weighted by Gasteiger charge is -2.11. The molecule has 1 N–H and O–H groups in total. The number of nitrogens with zero attached hydrogens (tertiary/aromatic N) is 1. The van der Waals surface area contributed by atoms with E-state index in [2.05, 4.69) is 61.3 Å². The number of pyridine rings is 1. The third-order valence-corrected chi connectivity index (χ3v) is 4.05. The Hall–Kier alpha value is -3.14. The first-order valence-electron chi connectivity index (χ1n) is 8.04. The Morgan fingerprint density at radius 2 is 1.92 bits per heavy atom. The Balaban J connectivity index is 1.88. The summed E-state index contributed by atoms with van der Waals surface area (Å²) >= 11 is 0.